The lowest BCUT2D eigenvalue weighted by atomic mass is 10.1. The molecule has 0 radical (unpaired) electrons. The first kappa shape index (κ1) is 12.2. The molecule has 0 aliphatic rings. The Balaban J connectivity index is 2.62. The first-order valence-corrected chi connectivity index (χ1v) is 5.44. The Kier molecular flexibility index (Phi) is 3.31. The fraction of sp³-hybridized carbons (Fsp3) is 0.273. The highest BCUT2D eigenvalue weighted by atomic mass is 19.1. The third kappa shape index (κ3) is 2.06. The molecule has 2 rings (SSSR count). The Bertz CT molecular complexity index is 582. The topological polar surface area (TPSA) is 80.9 Å². The number of carboxylic acids is 1. The van der Waals surface area contributed by atoms with Crippen molar-refractivity contribution < 1.29 is 14.3 Å². The van der Waals surface area contributed by atoms with E-state index in [-0.39, 0.29) is 11.3 Å². The van der Waals surface area contributed by atoms with Crippen LogP contribution in [0.5, 0.6) is 0 Å². The molecule has 1 heterocycles. The van der Waals surface area contributed by atoms with Crippen LogP contribution in [0.15, 0.2) is 18.2 Å². The van der Waals surface area contributed by atoms with Gasteiger partial charge in [-0.2, -0.15) is 4.68 Å². The number of rotatable bonds is 4. The zero-order valence-corrected chi connectivity index (χ0v) is 9.67. The molecule has 1 aromatic carbocycles. The van der Waals surface area contributed by atoms with Crippen molar-refractivity contribution in [2.75, 3.05) is 0 Å². The third-order valence-corrected chi connectivity index (χ3v) is 2.44. The molecule has 0 unspecified atom stereocenters. The summed E-state index contributed by atoms with van der Waals surface area (Å²) in [6.07, 6.45) is 1.32. The number of aromatic nitrogens is 4. The van der Waals surface area contributed by atoms with Gasteiger partial charge in [0.1, 0.15) is 11.5 Å². The van der Waals surface area contributed by atoms with Gasteiger partial charge < -0.3 is 5.11 Å². The molecule has 7 heteroatoms. The second kappa shape index (κ2) is 4.91. The van der Waals surface area contributed by atoms with E-state index in [1.165, 1.54) is 18.2 Å². The fourth-order valence-electron chi connectivity index (χ4n) is 1.66. The van der Waals surface area contributed by atoms with Gasteiger partial charge in [0.25, 0.3) is 0 Å². The van der Waals surface area contributed by atoms with E-state index in [2.05, 4.69) is 15.5 Å². The summed E-state index contributed by atoms with van der Waals surface area (Å²) in [6, 6.07) is 3.84. The minimum absolute atomic E-state index is 0.126. The van der Waals surface area contributed by atoms with Gasteiger partial charge in [-0.25, -0.2) is 9.18 Å². The lowest BCUT2D eigenvalue weighted by molar-refractivity contribution is 0.0696. The van der Waals surface area contributed by atoms with Crippen molar-refractivity contribution in [1.82, 2.24) is 20.2 Å². The second-order valence-corrected chi connectivity index (χ2v) is 3.70. The first-order chi connectivity index (χ1) is 8.65. The van der Waals surface area contributed by atoms with E-state index in [0.717, 1.165) is 11.1 Å². The number of para-hydroxylation sites is 1. The molecule has 0 atom stereocenters. The molecular weight excluding hydrogens is 239 g/mol. The molecule has 0 spiro atoms. The van der Waals surface area contributed by atoms with Crippen LogP contribution >= 0.6 is 0 Å². The average Bonchev–Trinajstić information content (AvgIpc) is 2.77. The van der Waals surface area contributed by atoms with E-state index in [4.69, 9.17) is 5.11 Å². The summed E-state index contributed by atoms with van der Waals surface area (Å²) in [4.78, 5) is 11.1. The monoisotopic (exact) mass is 250 g/mol. The van der Waals surface area contributed by atoms with E-state index in [0.29, 0.717) is 12.2 Å². The van der Waals surface area contributed by atoms with Crippen LogP contribution in [0, 0.1) is 5.82 Å². The molecule has 94 valence electrons. The highest BCUT2D eigenvalue weighted by Crippen LogP contribution is 2.19. The number of hydrogen-bond donors (Lipinski definition) is 1. The third-order valence-electron chi connectivity index (χ3n) is 2.44. The highest BCUT2D eigenvalue weighted by molar-refractivity contribution is 5.92. The maximum absolute atomic E-state index is 13.8. The van der Waals surface area contributed by atoms with Crippen LogP contribution in [-0.4, -0.2) is 31.3 Å². The van der Waals surface area contributed by atoms with Gasteiger partial charge in [-0.05, 0) is 29.0 Å². The minimum Gasteiger partial charge on any atom is -0.478 e. The van der Waals surface area contributed by atoms with E-state index >= 15 is 0 Å². The van der Waals surface area contributed by atoms with Crippen molar-refractivity contribution >= 4 is 5.97 Å². The maximum atomic E-state index is 13.8. The SMILES string of the molecule is CCCc1nnnn1-c1c(F)cccc1C(=O)O. The molecule has 0 fully saturated rings. The smallest absolute Gasteiger partial charge is 0.338 e. The molecular formula is C11H11FN4O2. The lowest BCUT2D eigenvalue weighted by Crippen LogP contribution is -2.12. The van der Waals surface area contributed by atoms with Gasteiger partial charge in [0.05, 0.1) is 5.56 Å². The van der Waals surface area contributed by atoms with Gasteiger partial charge in [-0.15, -0.1) is 5.10 Å². The summed E-state index contributed by atoms with van der Waals surface area (Å²) in [5.41, 5.74) is -0.293. The van der Waals surface area contributed by atoms with Crippen molar-refractivity contribution in [1.29, 1.82) is 0 Å². The van der Waals surface area contributed by atoms with E-state index in [9.17, 15) is 9.18 Å². The zero-order chi connectivity index (χ0) is 13.1. The lowest BCUT2D eigenvalue weighted by Gasteiger charge is -2.08. The average molecular weight is 250 g/mol. The van der Waals surface area contributed by atoms with E-state index < -0.39 is 11.8 Å². The summed E-state index contributed by atoms with van der Waals surface area (Å²) in [6.45, 7) is 1.93. The van der Waals surface area contributed by atoms with E-state index in [1.807, 2.05) is 6.92 Å². The molecule has 0 aliphatic carbocycles. The zero-order valence-electron chi connectivity index (χ0n) is 9.67. The van der Waals surface area contributed by atoms with Crippen molar-refractivity contribution in [3.63, 3.8) is 0 Å². The molecule has 2 aromatic rings. The quantitative estimate of drug-likeness (QED) is 0.888. The van der Waals surface area contributed by atoms with Crippen LogP contribution in [0.25, 0.3) is 5.69 Å². The Morgan fingerprint density at radius 3 is 2.94 bits per heavy atom. The van der Waals surface area contributed by atoms with Gasteiger partial charge in [0.2, 0.25) is 0 Å². The summed E-state index contributed by atoms with van der Waals surface area (Å²) in [7, 11) is 0. The van der Waals surface area contributed by atoms with Crippen molar-refractivity contribution in [2.45, 2.75) is 19.8 Å². The van der Waals surface area contributed by atoms with Gasteiger partial charge in [-0.3, -0.25) is 0 Å². The number of tetrazole rings is 1. The van der Waals surface area contributed by atoms with Gasteiger partial charge in [-0.1, -0.05) is 13.0 Å². The number of carbonyl (C=O) groups is 1. The number of aromatic carboxylic acids is 1. The van der Waals surface area contributed by atoms with Crippen molar-refractivity contribution in [2.24, 2.45) is 0 Å². The minimum atomic E-state index is -1.22. The molecule has 1 N–H and O–H groups in total. The van der Waals surface area contributed by atoms with Crippen molar-refractivity contribution in [3.8, 4) is 5.69 Å². The van der Waals surface area contributed by atoms with Gasteiger partial charge >= 0.3 is 5.97 Å². The molecule has 0 amide bonds. The number of hydrogen-bond acceptors (Lipinski definition) is 4. The van der Waals surface area contributed by atoms with Crippen LogP contribution in [0.2, 0.25) is 0 Å². The predicted molar refractivity (Wildman–Crippen MR) is 60.1 cm³/mol. The molecule has 0 saturated carbocycles. The summed E-state index contributed by atoms with van der Waals surface area (Å²) in [5, 5.41) is 20.0. The Morgan fingerprint density at radius 2 is 2.28 bits per heavy atom. The largest absolute Gasteiger partial charge is 0.478 e. The van der Waals surface area contributed by atoms with Crippen LogP contribution < -0.4 is 0 Å². The predicted octanol–water partition coefficient (Wildman–Crippen LogP) is 1.45. The van der Waals surface area contributed by atoms with Gasteiger partial charge in [0.15, 0.2) is 5.82 Å². The Hall–Kier alpha value is -2.31. The fourth-order valence-corrected chi connectivity index (χ4v) is 1.66. The number of nitrogens with zero attached hydrogens (tertiary/aromatic N) is 4. The number of halogens is 1. The molecule has 1 aromatic heterocycles. The summed E-state index contributed by atoms with van der Waals surface area (Å²) in [5.74, 6) is -1.45. The number of aryl methyl sites for hydroxylation is 1. The normalized spacial score (nSPS) is 10.6. The van der Waals surface area contributed by atoms with Crippen molar-refractivity contribution in [3.05, 3.63) is 35.4 Å². The summed E-state index contributed by atoms with van der Waals surface area (Å²) < 4.78 is 15.0. The Morgan fingerprint density at radius 1 is 1.50 bits per heavy atom. The molecule has 18 heavy (non-hydrogen) atoms. The maximum Gasteiger partial charge on any atom is 0.338 e. The molecule has 0 bridgehead atoms. The first-order valence-electron chi connectivity index (χ1n) is 5.44. The number of benzene rings is 1. The van der Waals surface area contributed by atoms with Crippen LogP contribution in [0.4, 0.5) is 4.39 Å². The molecule has 0 aliphatic heterocycles. The van der Waals surface area contributed by atoms with Crippen LogP contribution in [0.1, 0.15) is 29.5 Å². The molecule has 6 nitrogen and oxygen atoms in total. The van der Waals surface area contributed by atoms with Crippen LogP contribution in [-0.2, 0) is 6.42 Å². The van der Waals surface area contributed by atoms with E-state index in [1.54, 1.807) is 0 Å². The molecule has 0 saturated heterocycles. The number of carboxylic acid groups (broad SMARTS) is 1. The summed E-state index contributed by atoms with van der Waals surface area (Å²) >= 11 is 0. The second-order valence-electron chi connectivity index (χ2n) is 3.70. The standard InChI is InChI=1S/C11H11FN4O2/c1-2-4-9-13-14-15-16(9)10-7(11(17)18)5-3-6-8(10)12/h3,5-6H,2,4H2,1H3,(H,17,18). The Labute approximate surface area is 102 Å². The highest BCUT2D eigenvalue weighted by Gasteiger charge is 2.19. The van der Waals surface area contributed by atoms with Gasteiger partial charge in [0, 0.05) is 6.42 Å². The van der Waals surface area contributed by atoms with Crippen LogP contribution in [0.3, 0.4) is 0 Å².